The van der Waals surface area contributed by atoms with Crippen LogP contribution in [0.4, 0.5) is 9.18 Å². The molecule has 1 atom stereocenters. The van der Waals surface area contributed by atoms with E-state index in [-0.39, 0.29) is 23.8 Å². The van der Waals surface area contributed by atoms with Gasteiger partial charge in [0.1, 0.15) is 5.82 Å². The van der Waals surface area contributed by atoms with Gasteiger partial charge >= 0.3 is 6.03 Å². The first kappa shape index (κ1) is 16.0. The Hall–Kier alpha value is -1.92. The Labute approximate surface area is 138 Å². The number of nitrogens with one attached hydrogen (secondary N) is 2. The van der Waals surface area contributed by atoms with Gasteiger partial charge in [-0.1, -0.05) is 12.1 Å². The van der Waals surface area contributed by atoms with Gasteiger partial charge in [-0.15, -0.1) is 0 Å². The van der Waals surface area contributed by atoms with Gasteiger partial charge in [0.25, 0.3) is 0 Å². The van der Waals surface area contributed by atoms with Crippen LogP contribution in [0.3, 0.4) is 0 Å². The van der Waals surface area contributed by atoms with Gasteiger partial charge in [0.2, 0.25) is 0 Å². The molecule has 0 radical (unpaired) electrons. The lowest BCUT2D eigenvalue weighted by Crippen LogP contribution is -2.41. The van der Waals surface area contributed by atoms with Gasteiger partial charge in [0, 0.05) is 18.5 Å². The molecule has 1 heterocycles. The van der Waals surface area contributed by atoms with Crippen LogP contribution < -0.4 is 10.6 Å². The molecule has 2 amide bonds. The molecule has 4 nitrogen and oxygen atoms in total. The third kappa shape index (κ3) is 3.89. The van der Waals surface area contributed by atoms with Gasteiger partial charge in [-0.2, -0.15) is 11.3 Å². The van der Waals surface area contributed by atoms with Crippen molar-refractivity contribution in [1.29, 1.82) is 0 Å². The van der Waals surface area contributed by atoms with E-state index in [0.717, 1.165) is 24.0 Å². The van der Waals surface area contributed by atoms with Crippen LogP contribution in [0.15, 0.2) is 41.1 Å². The van der Waals surface area contributed by atoms with Gasteiger partial charge in [-0.05, 0) is 52.9 Å². The third-order valence-electron chi connectivity index (χ3n) is 4.28. The second kappa shape index (κ2) is 6.68. The molecule has 3 N–H and O–H groups in total. The summed E-state index contributed by atoms with van der Waals surface area (Å²) in [7, 11) is 0. The number of aliphatic hydroxyl groups is 1. The fourth-order valence-corrected chi connectivity index (χ4v) is 3.31. The van der Waals surface area contributed by atoms with Crippen LogP contribution in [0, 0.1) is 5.82 Å². The van der Waals surface area contributed by atoms with Crippen LogP contribution in [0.2, 0.25) is 0 Å². The number of urea groups is 1. The average Bonchev–Trinajstić information content (AvgIpc) is 3.14. The Morgan fingerprint density at radius 3 is 2.61 bits per heavy atom. The minimum absolute atomic E-state index is 0.0724. The number of benzene rings is 1. The Bertz CT molecular complexity index is 654. The Morgan fingerprint density at radius 1 is 1.26 bits per heavy atom. The van der Waals surface area contributed by atoms with E-state index in [9.17, 15) is 14.3 Å². The summed E-state index contributed by atoms with van der Waals surface area (Å²) in [4.78, 5) is 11.9. The first-order valence-electron chi connectivity index (χ1n) is 7.57. The summed E-state index contributed by atoms with van der Waals surface area (Å²) in [5.74, 6) is -0.252. The Balaban J connectivity index is 1.46. The van der Waals surface area contributed by atoms with E-state index in [1.165, 1.54) is 23.5 Å². The lowest BCUT2D eigenvalue weighted by molar-refractivity contribution is 0.173. The van der Waals surface area contributed by atoms with Crippen molar-refractivity contribution < 1.29 is 14.3 Å². The average molecular weight is 334 g/mol. The summed E-state index contributed by atoms with van der Waals surface area (Å²) >= 11 is 1.51. The largest absolute Gasteiger partial charge is 0.387 e. The number of rotatable bonds is 6. The normalized spacial score (nSPS) is 16.6. The van der Waals surface area contributed by atoms with E-state index >= 15 is 0 Å². The van der Waals surface area contributed by atoms with Crippen molar-refractivity contribution in [3.05, 3.63) is 58.0 Å². The topological polar surface area (TPSA) is 61.4 Å². The van der Waals surface area contributed by atoms with Gasteiger partial charge in [-0.3, -0.25) is 0 Å². The van der Waals surface area contributed by atoms with Gasteiger partial charge < -0.3 is 15.7 Å². The van der Waals surface area contributed by atoms with Gasteiger partial charge in [0.15, 0.2) is 0 Å². The second-order valence-corrected chi connectivity index (χ2v) is 6.70. The molecule has 1 fully saturated rings. The van der Waals surface area contributed by atoms with Crippen molar-refractivity contribution in [2.45, 2.75) is 24.4 Å². The molecule has 0 saturated heterocycles. The number of amides is 2. The van der Waals surface area contributed by atoms with E-state index in [4.69, 9.17) is 0 Å². The summed E-state index contributed by atoms with van der Waals surface area (Å²) < 4.78 is 13.0. The highest BCUT2D eigenvalue weighted by atomic mass is 32.1. The molecule has 6 heteroatoms. The lowest BCUT2D eigenvalue weighted by Gasteiger charge is -2.17. The molecule has 2 aromatic rings. The number of carbonyl (C=O) groups excluding carboxylic acids is 1. The first-order valence-corrected chi connectivity index (χ1v) is 8.51. The monoisotopic (exact) mass is 334 g/mol. The highest BCUT2D eigenvalue weighted by Gasteiger charge is 2.44. The number of hydrogen-bond donors (Lipinski definition) is 3. The maximum Gasteiger partial charge on any atom is 0.314 e. The fourth-order valence-electron chi connectivity index (χ4n) is 2.61. The molecule has 1 aliphatic carbocycles. The zero-order valence-corrected chi connectivity index (χ0v) is 13.4. The van der Waals surface area contributed by atoms with Crippen LogP contribution in [0.1, 0.15) is 30.1 Å². The van der Waals surface area contributed by atoms with Gasteiger partial charge in [0.05, 0.1) is 6.10 Å². The van der Waals surface area contributed by atoms with Crippen molar-refractivity contribution in [3.8, 4) is 0 Å². The zero-order chi connectivity index (χ0) is 16.3. The molecular formula is C17H19FN2O2S. The molecule has 1 unspecified atom stereocenters. The minimum atomic E-state index is -0.695. The summed E-state index contributed by atoms with van der Waals surface area (Å²) in [6.07, 6.45) is 1.27. The molecule has 23 heavy (non-hydrogen) atoms. The summed E-state index contributed by atoms with van der Waals surface area (Å²) in [6.45, 7) is 0.686. The zero-order valence-electron chi connectivity index (χ0n) is 12.6. The molecule has 0 bridgehead atoms. The van der Waals surface area contributed by atoms with Crippen molar-refractivity contribution >= 4 is 17.4 Å². The summed E-state index contributed by atoms with van der Waals surface area (Å²) in [5.41, 5.74) is 1.79. The maximum atomic E-state index is 13.0. The van der Waals surface area contributed by atoms with Crippen molar-refractivity contribution in [3.63, 3.8) is 0 Å². The fraction of sp³-hybridized carbons (Fsp3) is 0.353. The minimum Gasteiger partial charge on any atom is -0.387 e. The van der Waals surface area contributed by atoms with Crippen molar-refractivity contribution in [2.24, 2.45) is 0 Å². The number of aliphatic hydroxyl groups excluding tert-OH is 1. The van der Waals surface area contributed by atoms with Crippen molar-refractivity contribution in [1.82, 2.24) is 10.6 Å². The van der Waals surface area contributed by atoms with Crippen LogP contribution in [0.5, 0.6) is 0 Å². The first-order chi connectivity index (χ1) is 11.1. The van der Waals surface area contributed by atoms with Crippen LogP contribution in [-0.4, -0.2) is 24.2 Å². The number of carbonyl (C=O) groups is 1. The lowest BCUT2D eigenvalue weighted by atomic mass is 9.96. The molecule has 1 saturated carbocycles. The number of halogens is 1. The van der Waals surface area contributed by atoms with Gasteiger partial charge in [-0.25, -0.2) is 9.18 Å². The molecule has 1 aliphatic rings. The highest BCUT2D eigenvalue weighted by Crippen LogP contribution is 2.47. The number of thiophene rings is 1. The molecule has 0 aliphatic heterocycles. The quantitative estimate of drug-likeness (QED) is 0.761. The molecule has 3 rings (SSSR count). The molecule has 122 valence electrons. The summed E-state index contributed by atoms with van der Waals surface area (Å²) in [6, 6.07) is 8.00. The molecule has 1 aromatic carbocycles. The predicted octanol–water partition coefficient (Wildman–Crippen LogP) is 2.95. The van der Waals surface area contributed by atoms with Crippen LogP contribution in [-0.2, 0) is 5.41 Å². The van der Waals surface area contributed by atoms with E-state index in [1.54, 1.807) is 12.1 Å². The SMILES string of the molecule is O=C(NCC(O)c1ccsc1)NCC1(c2ccc(F)cc2)CC1. The molecule has 0 spiro atoms. The van der Waals surface area contributed by atoms with Crippen molar-refractivity contribution in [2.75, 3.05) is 13.1 Å². The van der Waals surface area contributed by atoms with Crippen LogP contribution in [0.25, 0.3) is 0 Å². The Kier molecular flexibility index (Phi) is 4.63. The number of hydrogen-bond acceptors (Lipinski definition) is 3. The highest BCUT2D eigenvalue weighted by molar-refractivity contribution is 7.07. The smallest absolute Gasteiger partial charge is 0.314 e. The predicted molar refractivity (Wildman–Crippen MR) is 88.0 cm³/mol. The van der Waals surface area contributed by atoms with E-state index < -0.39 is 6.10 Å². The standard InChI is InChI=1S/C17H19FN2O2S/c18-14-3-1-13(2-4-14)17(6-7-17)11-20-16(22)19-9-15(21)12-5-8-23-10-12/h1-5,8,10,15,21H,6-7,9,11H2,(H2,19,20,22). The van der Waals surface area contributed by atoms with E-state index in [0.29, 0.717) is 6.54 Å². The molecular weight excluding hydrogens is 315 g/mol. The third-order valence-corrected chi connectivity index (χ3v) is 4.98. The Morgan fingerprint density at radius 2 is 2.00 bits per heavy atom. The second-order valence-electron chi connectivity index (χ2n) is 5.92. The maximum absolute atomic E-state index is 13.0. The molecule has 1 aromatic heterocycles. The van der Waals surface area contributed by atoms with E-state index in [2.05, 4.69) is 10.6 Å². The summed E-state index contributed by atoms with van der Waals surface area (Å²) in [5, 5.41) is 19.2. The van der Waals surface area contributed by atoms with Crippen LogP contribution >= 0.6 is 11.3 Å². The van der Waals surface area contributed by atoms with E-state index in [1.807, 2.05) is 16.8 Å².